The van der Waals surface area contributed by atoms with E-state index in [1.165, 1.54) is 0 Å². The van der Waals surface area contributed by atoms with Crippen LogP contribution in [-0.4, -0.2) is 16.3 Å². The van der Waals surface area contributed by atoms with E-state index < -0.39 is 0 Å². The normalized spacial score (nSPS) is 24.5. The van der Waals surface area contributed by atoms with Crippen molar-refractivity contribution in [2.24, 2.45) is 5.73 Å². The van der Waals surface area contributed by atoms with Crippen LogP contribution in [-0.2, 0) is 4.74 Å². The monoisotopic (exact) mass is 275 g/mol. The van der Waals surface area contributed by atoms with Crippen LogP contribution in [0.15, 0.2) is 30.3 Å². The van der Waals surface area contributed by atoms with E-state index in [0.29, 0.717) is 6.10 Å². The van der Waals surface area contributed by atoms with E-state index in [1.807, 2.05) is 30.3 Å². The highest BCUT2D eigenvalue weighted by atomic mass is 32.1. The van der Waals surface area contributed by atoms with Crippen LogP contribution in [0.2, 0.25) is 0 Å². The Morgan fingerprint density at radius 2 is 2.05 bits per heavy atom. The van der Waals surface area contributed by atoms with Gasteiger partial charge in [0.05, 0.1) is 12.1 Å². The lowest BCUT2D eigenvalue weighted by atomic mass is 10.1. The molecule has 0 spiro atoms. The summed E-state index contributed by atoms with van der Waals surface area (Å²) in [6, 6.07) is 9.78. The van der Waals surface area contributed by atoms with E-state index in [9.17, 15) is 0 Å². The predicted octanol–water partition coefficient (Wildman–Crippen LogP) is 2.83. The molecule has 2 N–H and O–H groups in total. The van der Waals surface area contributed by atoms with Crippen LogP contribution in [0.5, 0.6) is 0 Å². The summed E-state index contributed by atoms with van der Waals surface area (Å²) in [5, 5.41) is 10.3. The molecule has 1 saturated heterocycles. The van der Waals surface area contributed by atoms with Crippen molar-refractivity contribution in [3.63, 3.8) is 0 Å². The molecule has 0 bridgehead atoms. The maximum Gasteiger partial charge on any atom is 0.146 e. The molecule has 4 nitrogen and oxygen atoms in total. The minimum Gasteiger partial charge on any atom is -0.368 e. The van der Waals surface area contributed by atoms with E-state index in [2.05, 4.69) is 17.1 Å². The van der Waals surface area contributed by atoms with Crippen molar-refractivity contribution < 1.29 is 4.74 Å². The van der Waals surface area contributed by atoms with Crippen molar-refractivity contribution >= 4 is 11.3 Å². The molecule has 1 aromatic heterocycles. The van der Waals surface area contributed by atoms with Crippen molar-refractivity contribution in [3.8, 4) is 0 Å². The largest absolute Gasteiger partial charge is 0.368 e. The second-order valence-electron chi connectivity index (χ2n) is 4.88. The molecule has 0 amide bonds. The van der Waals surface area contributed by atoms with Crippen LogP contribution in [0, 0.1) is 0 Å². The Kier molecular flexibility index (Phi) is 3.59. The first-order valence-electron chi connectivity index (χ1n) is 6.53. The lowest BCUT2D eigenvalue weighted by molar-refractivity contribution is 0.0550. The molecule has 1 aliphatic rings. The van der Waals surface area contributed by atoms with E-state index in [0.717, 1.165) is 28.4 Å². The average molecular weight is 275 g/mol. The quantitative estimate of drug-likeness (QED) is 0.935. The highest BCUT2D eigenvalue weighted by molar-refractivity contribution is 7.11. The van der Waals surface area contributed by atoms with Crippen LogP contribution in [0.1, 0.15) is 47.5 Å². The smallest absolute Gasteiger partial charge is 0.146 e. The molecule has 3 unspecified atom stereocenters. The van der Waals surface area contributed by atoms with Crippen molar-refractivity contribution in [2.75, 3.05) is 0 Å². The minimum absolute atomic E-state index is 0.101. The maximum absolute atomic E-state index is 6.22. The van der Waals surface area contributed by atoms with Crippen LogP contribution < -0.4 is 5.73 Å². The molecule has 0 radical (unpaired) electrons. The Labute approximate surface area is 116 Å². The lowest BCUT2D eigenvalue weighted by Gasteiger charge is -2.08. The molecule has 5 heteroatoms. The predicted molar refractivity (Wildman–Crippen MR) is 74.9 cm³/mol. The Bertz CT molecular complexity index is 543. The summed E-state index contributed by atoms with van der Waals surface area (Å²) in [5.74, 6) is 0. The van der Waals surface area contributed by atoms with Crippen LogP contribution in [0.3, 0.4) is 0 Å². The summed E-state index contributed by atoms with van der Waals surface area (Å²) in [7, 11) is 0. The first kappa shape index (κ1) is 12.7. The first-order valence-corrected chi connectivity index (χ1v) is 7.35. The summed E-state index contributed by atoms with van der Waals surface area (Å²) in [6.45, 7) is 2.09. The molecule has 3 atom stereocenters. The molecule has 19 heavy (non-hydrogen) atoms. The zero-order valence-corrected chi connectivity index (χ0v) is 11.6. The van der Waals surface area contributed by atoms with Gasteiger partial charge in [-0.05, 0) is 25.3 Å². The number of aromatic nitrogens is 2. The van der Waals surface area contributed by atoms with Crippen molar-refractivity contribution in [1.29, 1.82) is 0 Å². The number of nitrogens with two attached hydrogens (primary N) is 1. The fraction of sp³-hybridized carbons (Fsp3) is 0.429. The third-order valence-corrected chi connectivity index (χ3v) is 4.49. The molecule has 3 rings (SSSR count). The maximum atomic E-state index is 6.22. The molecule has 1 aliphatic heterocycles. The van der Waals surface area contributed by atoms with Gasteiger partial charge in [-0.2, -0.15) is 0 Å². The molecule has 0 aliphatic carbocycles. The van der Waals surface area contributed by atoms with Crippen LogP contribution >= 0.6 is 11.3 Å². The number of hydrogen-bond donors (Lipinski definition) is 1. The van der Waals surface area contributed by atoms with Crippen molar-refractivity contribution in [2.45, 2.75) is 38.0 Å². The van der Waals surface area contributed by atoms with Gasteiger partial charge in [-0.15, -0.1) is 10.2 Å². The van der Waals surface area contributed by atoms with E-state index >= 15 is 0 Å². The molecule has 100 valence electrons. The van der Waals surface area contributed by atoms with Gasteiger partial charge in [-0.25, -0.2) is 0 Å². The second-order valence-corrected chi connectivity index (χ2v) is 5.92. The second kappa shape index (κ2) is 5.36. The standard InChI is InChI=1S/C14H17N3OS/c1-9-7-8-11(18-9)13-16-17-14(19-13)12(15)10-5-3-2-4-6-10/h2-6,9,11-12H,7-8,15H2,1H3. The van der Waals surface area contributed by atoms with Crippen LogP contribution in [0.25, 0.3) is 0 Å². The fourth-order valence-electron chi connectivity index (χ4n) is 2.29. The molecule has 2 heterocycles. The van der Waals surface area contributed by atoms with Gasteiger partial charge in [0.1, 0.15) is 16.1 Å². The summed E-state index contributed by atoms with van der Waals surface area (Å²) in [4.78, 5) is 0. The molecule has 1 fully saturated rings. The van der Waals surface area contributed by atoms with Gasteiger partial charge in [0, 0.05) is 0 Å². The number of ether oxygens (including phenoxy) is 1. The van der Waals surface area contributed by atoms with Gasteiger partial charge in [0.15, 0.2) is 0 Å². The van der Waals surface area contributed by atoms with Gasteiger partial charge in [0.2, 0.25) is 0 Å². The van der Waals surface area contributed by atoms with Gasteiger partial charge < -0.3 is 10.5 Å². The summed E-state index contributed by atoms with van der Waals surface area (Å²) < 4.78 is 5.81. The van der Waals surface area contributed by atoms with Gasteiger partial charge in [-0.1, -0.05) is 41.7 Å². The number of benzene rings is 1. The van der Waals surface area contributed by atoms with Crippen molar-refractivity contribution in [1.82, 2.24) is 10.2 Å². The summed E-state index contributed by atoms with van der Waals surface area (Å²) in [5.41, 5.74) is 7.28. The number of hydrogen-bond acceptors (Lipinski definition) is 5. The average Bonchev–Trinajstić information content (AvgIpc) is 3.07. The highest BCUT2D eigenvalue weighted by Gasteiger charge is 2.27. The fourth-order valence-corrected chi connectivity index (χ4v) is 3.24. The van der Waals surface area contributed by atoms with E-state index in [-0.39, 0.29) is 12.1 Å². The van der Waals surface area contributed by atoms with Crippen molar-refractivity contribution in [3.05, 3.63) is 45.9 Å². The third kappa shape index (κ3) is 2.68. The topological polar surface area (TPSA) is 61.0 Å². The summed E-state index contributed by atoms with van der Waals surface area (Å²) in [6.07, 6.45) is 2.53. The SMILES string of the molecule is CC1CCC(c2nnc(C(N)c3ccccc3)s2)O1. The number of rotatable bonds is 3. The zero-order chi connectivity index (χ0) is 13.2. The van der Waals surface area contributed by atoms with Gasteiger partial charge in [0.25, 0.3) is 0 Å². The highest BCUT2D eigenvalue weighted by Crippen LogP contribution is 2.35. The van der Waals surface area contributed by atoms with Gasteiger partial charge in [-0.3, -0.25) is 0 Å². The minimum atomic E-state index is -0.203. The Balaban J connectivity index is 1.78. The lowest BCUT2D eigenvalue weighted by Crippen LogP contribution is -2.11. The Morgan fingerprint density at radius 3 is 2.74 bits per heavy atom. The summed E-state index contributed by atoms with van der Waals surface area (Å²) >= 11 is 1.56. The molecular formula is C14H17N3OS. The third-order valence-electron chi connectivity index (χ3n) is 3.39. The Morgan fingerprint density at radius 1 is 1.26 bits per heavy atom. The van der Waals surface area contributed by atoms with Crippen LogP contribution in [0.4, 0.5) is 0 Å². The molecule has 0 saturated carbocycles. The molecular weight excluding hydrogens is 258 g/mol. The first-order chi connectivity index (χ1) is 9.24. The number of nitrogens with zero attached hydrogens (tertiary/aromatic N) is 2. The molecule has 1 aromatic carbocycles. The van der Waals surface area contributed by atoms with E-state index in [1.54, 1.807) is 11.3 Å². The zero-order valence-electron chi connectivity index (χ0n) is 10.8. The van der Waals surface area contributed by atoms with E-state index in [4.69, 9.17) is 10.5 Å². The Hall–Kier alpha value is -1.30. The molecule has 2 aromatic rings. The van der Waals surface area contributed by atoms with Gasteiger partial charge >= 0.3 is 0 Å².